The van der Waals surface area contributed by atoms with Gasteiger partial charge < -0.3 is 15.1 Å². The van der Waals surface area contributed by atoms with E-state index >= 15 is 0 Å². The second-order valence-corrected chi connectivity index (χ2v) is 5.67. The van der Waals surface area contributed by atoms with E-state index < -0.39 is 0 Å². The maximum atomic E-state index is 11.5. The Labute approximate surface area is 132 Å². The largest absolute Gasteiger partial charge is 0.448 e. The third kappa shape index (κ3) is 2.79. The van der Waals surface area contributed by atoms with E-state index in [0.717, 1.165) is 23.4 Å². The highest BCUT2D eigenvalue weighted by atomic mass is 35.5. The van der Waals surface area contributed by atoms with E-state index in [9.17, 15) is 4.79 Å². The minimum atomic E-state index is -0.198. The fourth-order valence-corrected chi connectivity index (χ4v) is 2.96. The standard InChI is InChI=1S/C15H14Cl2N2O2/c1-2-18-15(12-3-4-13(17)21-12)9-5-8-6-14(20)19-11(8)7-10(9)16/h3-5,7,15,18H,2,6H2,1H3,(H,19,20). The number of fused-ring (bicyclic) bond motifs is 1. The fourth-order valence-electron chi connectivity index (χ4n) is 2.54. The van der Waals surface area contributed by atoms with Crippen LogP contribution in [-0.2, 0) is 11.2 Å². The van der Waals surface area contributed by atoms with Crippen LogP contribution in [0.2, 0.25) is 10.2 Å². The van der Waals surface area contributed by atoms with Gasteiger partial charge in [0.1, 0.15) is 5.76 Å². The summed E-state index contributed by atoms with van der Waals surface area (Å²) >= 11 is 12.2. The summed E-state index contributed by atoms with van der Waals surface area (Å²) in [7, 11) is 0. The molecule has 110 valence electrons. The normalized spacial score (nSPS) is 14.9. The monoisotopic (exact) mass is 324 g/mol. The first kappa shape index (κ1) is 14.4. The smallest absolute Gasteiger partial charge is 0.228 e. The number of halogens is 2. The Morgan fingerprint density at radius 3 is 2.86 bits per heavy atom. The Kier molecular flexibility index (Phi) is 3.93. The van der Waals surface area contributed by atoms with Crippen LogP contribution in [0.5, 0.6) is 0 Å². The van der Waals surface area contributed by atoms with Gasteiger partial charge in [-0.2, -0.15) is 0 Å². The summed E-state index contributed by atoms with van der Waals surface area (Å²) in [5.74, 6) is 0.681. The van der Waals surface area contributed by atoms with Crippen molar-refractivity contribution < 1.29 is 9.21 Å². The van der Waals surface area contributed by atoms with Gasteiger partial charge in [-0.25, -0.2) is 0 Å². The molecule has 1 amide bonds. The number of nitrogens with one attached hydrogen (secondary N) is 2. The van der Waals surface area contributed by atoms with Crippen LogP contribution in [0.3, 0.4) is 0 Å². The number of hydrogen-bond donors (Lipinski definition) is 2. The zero-order valence-electron chi connectivity index (χ0n) is 11.4. The van der Waals surface area contributed by atoms with E-state index in [-0.39, 0.29) is 11.9 Å². The number of rotatable bonds is 4. The van der Waals surface area contributed by atoms with Crippen LogP contribution in [0.4, 0.5) is 5.69 Å². The van der Waals surface area contributed by atoms with Gasteiger partial charge in [-0.15, -0.1) is 0 Å². The molecular formula is C15H14Cl2N2O2. The predicted molar refractivity (Wildman–Crippen MR) is 83.0 cm³/mol. The van der Waals surface area contributed by atoms with E-state index in [1.54, 1.807) is 12.1 Å². The van der Waals surface area contributed by atoms with E-state index in [1.165, 1.54) is 0 Å². The minimum absolute atomic E-state index is 0.0146. The predicted octanol–water partition coefficient (Wildman–Crippen LogP) is 3.78. The van der Waals surface area contributed by atoms with Crippen LogP contribution in [0.25, 0.3) is 0 Å². The van der Waals surface area contributed by atoms with Crippen LogP contribution in [0, 0.1) is 0 Å². The van der Waals surface area contributed by atoms with Gasteiger partial charge in [-0.1, -0.05) is 18.5 Å². The van der Waals surface area contributed by atoms with Gasteiger partial charge in [0.15, 0.2) is 5.22 Å². The minimum Gasteiger partial charge on any atom is -0.448 e. The van der Waals surface area contributed by atoms with Crippen LogP contribution in [-0.4, -0.2) is 12.5 Å². The lowest BCUT2D eigenvalue weighted by Crippen LogP contribution is -2.22. The summed E-state index contributed by atoms with van der Waals surface area (Å²) < 4.78 is 5.51. The van der Waals surface area contributed by atoms with Crippen molar-refractivity contribution in [2.75, 3.05) is 11.9 Å². The average molecular weight is 325 g/mol. The number of amides is 1. The molecule has 2 N–H and O–H groups in total. The summed E-state index contributed by atoms with van der Waals surface area (Å²) in [5, 5.41) is 7.03. The van der Waals surface area contributed by atoms with Crippen molar-refractivity contribution in [3.63, 3.8) is 0 Å². The number of benzene rings is 1. The molecule has 0 radical (unpaired) electrons. The third-order valence-corrected chi connectivity index (χ3v) is 3.98. The molecule has 2 aromatic rings. The summed E-state index contributed by atoms with van der Waals surface area (Å²) in [6.45, 7) is 2.75. The molecule has 21 heavy (non-hydrogen) atoms. The maximum Gasteiger partial charge on any atom is 0.228 e. The van der Waals surface area contributed by atoms with Crippen LogP contribution < -0.4 is 10.6 Å². The number of anilines is 1. The highest BCUT2D eigenvalue weighted by Crippen LogP contribution is 2.36. The lowest BCUT2D eigenvalue weighted by Gasteiger charge is -2.18. The Bertz CT molecular complexity index is 697. The molecular weight excluding hydrogens is 311 g/mol. The second-order valence-electron chi connectivity index (χ2n) is 4.89. The van der Waals surface area contributed by atoms with E-state index in [0.29, 0.717) is 22.4 Å². The molecule has 1 aromatic heterocycles. The number of furan rings is 1. The molecule has 1 atom stereocenters. The molecule has 6 heteroatoms. The molecule has 1 unspecified atom stereocenters. The maximum absolute atomic E-state index is 11.5. The summed E-state index contributed by atoms with van der Waals surface area (Å²) in [6.07, 6.45) is 0.372. The molecule has 0 spiro atoms. The first-order valence-corrected chi connectivity index (χ1v) is 7.45. The molecule has 0 saturated carbocycles. The van der Waals surface area contributed by atoms with Crippen molar-refractivity contribution in [2.45, 2.75) is 19.4 Å². The first-order valence-electron chi connectivity index (χ1n) is 6.69. The fraction of sp³-hybridized carbons (Fsp3) is 0.267. The van der Waals surface area contributed by atoms with Crippen molar-refractivity contribution in [3.05, 3.63) is 51.4 Å². The Balaban J connectivity index is 2.04. The van der Waals surface area contributed by atoms with Gasteiger partial charge in [0.2, 0.25) is 5.91 Å². The van der Waals surface area contributed by atoms with Gasteiger partial charge in [-0.05, 0) is 53.5 Å². The molecule has 0 aliphatic carbocycles. The molecule has 1 aliphatic rings. The van der Waals surface area contributed by atoms with Crippen LogP contribution in [0.1, 0.15) is 29.9 Å². The Morgan fingerprint density at radius 2 is 2.19 bits per heavy atom. The Hall–Kier alpha value is -1.49. The molecule has 1 aromatic carbocycles. The quantitative estimate of drug-likeness (QED) is 0.899. The van der Waals surface area contributed by atoms with E-state index in [2.05, 4.69) is 10.6 Å². The van der Waals surface area contributed by atoms with E-state index in [1.807, 2.05) is 19.1 Å². The number of carbonyl (C=O) groups is 1. The van der Waals surface area contributed by atoms with Gasteiger partial charge in [0.25, 0.3) is 0 Å². The highest BCUT2D eigenvalue weighted by Gasteiger charge is 2.25. The van der Waals surface area contributed by atoms with E-state index in [4.69, 9.17) is 27.6 Å². The highest BCUT2D eigenvalue weighted by molar-refractivity contribution is 6.32. The molecule has 2 heterocycles. The Morgan fingerprint density at radius 1 is 1.38 bits per heavy atom. The van der Waals surface area contributed by atoms with Crippen molar-refractivity contribution in [1.82, 2.24) is 5.32 Å². The summed E-state index contributed by atoms with van der Waals surface area (Å²) in [6, 6.07) is 7.05. The van der Waals surface area contributed by atoms with Gasteiger partial charge in [-0.3, -0.25) is 4.79 Å². The average Bonchev–Trinajstić information content (AvgIpc) is 3.00. The summed E-state index contributed by atoms with van der Waals surface area (Å²) in [4.78, 5) is 11.5. The van der Waals surface area contributed by atoms with Gasteiger partial charge in [0, 0.05) is 10.7 Å². The molecule has 0 bridgehead atoms. The summed E-state index contributed by atoms with van der Waals surface area (Å²) in [5.41, 5.74) is 2.60. The van der Waals surface area contributed by atoms with Gasteiger partial charge >= 0.3 is 0 Å². The lowest BCUT2D eigenvalue weighted by atomic mass is 10.00. The van der Waals surface area contributed by atoms with Gasteiger partial charge in [0.05, 0.1) is 12.5 Å². The van der Waals surface area contributed by atoms with Crippen molar-refractivity contribution in [1.29, 1.82) is 0 Å². The number of hydrogen-bond acceptors (Lipinski definition) is 3. The molecule has 0 saturated heterocycles. The van der Waals surface area contributed by atoms with Crippen LogP contribution >= 0.6 is 23.2 Å². The number of carbonyl (C=O) groups excluding carboxylic acids is 1. The topological polar surface area (TPSA) is 54.3 Å². The lowest BCUT2D eigenvalue weighted by molar-refractivity contribution is -0.115. The second kappa shape index (κ2) is 5.72. The van der Waals surface area contributed by atoms with Crippen LogP contribution in [0.15, 0.2) is 28.7 Å². The zero-order chi connectivity index (χ0) is 15.0. The molecule has 4 nitrogen and oxygen atoms in total. The van der Waals surface area contributed by atoms with Crippen molar-refractivity contribution in [3.8, 4) is 0 Å². The molecule has 0 fully saturated rings. The van der Waals surface area contributed by atoms with Crippen molar-refractivity contribution >= 4 is 34.8 Å². The first-order chi connectivity index (χ1) is 10.1. The molecule has 3 rings (SSSR count). The zero-order valence-corrected chi connectivity index (χ0v) is 12.9. The van der Waals surface area contributed by atoms with Crippen molar-refractivity contribution in [2.24, 2.45) is 0 Å². The SMILES string of the molecule is CCNC(c1ccc(Cl)o1)c1cc2c(cc1Cl)NC(=O)C2. The molecule has 1 aliphatic heterocycles. The third-order valence-electron chi connectivity index (χ3n) is 3.45.